The van der Waals surface area contributed by atoms with Gasteiger partial charge in [0.05, 0.1) is 17.0 Å². The second-order valence-electron chi connectivity index (χ2n) is 9.27. The fourth-order valence-electron chi connectivity index (χ4n) is 4.87. The third kappa shape index (κ3) is 3.56. The van der Waals surface area contributed by atoms with Crippen molar-refractivity contribution in [1.29, 1.82) is 0 Å². The average Bonchev–Trinajstić information content (AvgIpc) is 3.06. The Morgan fingerprint density at radius 3 is 2.30 bits per heavy atom. The molecule has 0 saturated carbocycles. The van der Waals surface area contributed by atoms with Crippen molar-refractivity contribution in [2.45, 2.75) is 46.2 Å². The zero-order chi connectivity index (χ0) is 23.3. The fraction of sp³-hybridized carbons (Fsp3) is 0.241. The van der Waals surface area contributed by atoms with E-state index in [4.69, 9.17) is 4.42 Å². The van der Waals surface area contributed by atoms with Crippen LogP contribution in [0, 0.1) is 13.8 Å². The predicted molar refractivity (Wildman–Crippen MR) is 131 cm³/mol. The summed E-state index contributed by atoms with van der Waals surface area (Å²) in [6.07, 6.45) is 0. The maximum atomic E-state index is 13.8. The number of amides is 1. The van der Waals surface area contributed by atoms with E-state index in [9.17, 15) is 9.59 Å². The Kier molecular flexibility index (Phi) is 5.16. The smallest absolute Gasteiger partial charge is 0.291 e. The molecule has 33 heavy (non-hydrogen) atoms. The summed E-state index contributed by atoms with van der Waals surface area (Å²) in [5.41, 5.74) is 5.79. The molecule has 1 atom stereocenters. The first-order chi connectivity index (χ1) is 15.8. The van der Waals surface area contributed by atoms with E-state index < -0.39 is 6.04 Å². The number of rotatable bonds is 4. The summed E-state index contributed by atoms with van der Waals surface area (Å²) in [5, 5.41) is 0.553. The van der Waals surface area contributed by atoms with Gasteiger partial charge in [-0.25, -0.2) is 0 Å². The molecule has 1 amide bonds. The van der Waals surface area contributed by atoms with E-state index in [1.54, 1.807) is 4.90 Å². The number of nitrogens with zero attached hydrogens (tertiary/aromatic N) is 1. The normalized spacial score (nSPS) is 15.5. The second kappa shape index (κ2) is 8.04. The molecule has 166 valence electrons. The topological polar surface area (TPSA) is 50.5 Å². The van der Waals surface area contributed by atoms with Crippen LogP contribution in [0.1, 0.15) is 69.7 Å². The van der Waals surface area contributed by atoms with Crippen molar-refractivity contribution in [3.63, 3.8) is 0 Å². The van der Waals surface area contributed by atoms with Gasteiger partial charge in [0.1, 0.15) is 5.58 Å². The van der Waals surface area contributed by atoms with E-state index >= 15 is 0 Å². The number of benzene rings is 3. The molecule has 0 saturated heterocycles. The van der Waals surface area contributed by atoms with Crippen molar-refractivity contribution < 1.29 is 9.21 Å². The van der Waals surface area contributed by atoms with Gasteiger partial charge in [-0.15, -0.1) is 0 Å². The Morgan fingerprint density at radius 1 is 0.939 bits per heavy atom. The van der Waals surface area contributed by atoms with E-state index in [1.807, 2.05) is 68.4 Å². The summed E-state index contributed by atoms with van der Waals surface area (Å²) >= 11 is 0. The molecule has 1 aliphatic heterocycles. The van der Waals surface area contributed by atoms with Crippen LogP contribution in [0.5, 0.6) is 0 Å². The van der Waals surface area contributed by atoms with Crippen molar-refractivity contribution in [3.05, 3.63) is 116 Å². The summed E-state index contributed by atoms with van der Waals surface area (Å²) < 4.78 is 6.15. The highest BCUT2D eigenvalue weighted by molar-refractivity contribution is 5.99. The number of carbonyl (C=O) groups excluding carboxylic acids is 1. The van der Waals surface area contributed by atoms with Crippen LogP contribution in [0.4, 0.5) is 0 Å². The Balaban J connectivity index is 1.73. The SMILES string of the molecule is Cc1cc(C)c2c(=O)c3c(oc2c1)C(=O)N(Cc1ccccc1)C3c1ccc(C(C)C)cc1. The van der Waals surface area contributed by atoms with Crippen LogP contribution in [-0.4, -0.2) is 10.8 Å². The second-order valence-corrected chi connectivity index (χ2v) is 9.27. The molecule has 0 radical (unpaired) electrons. The highest BCUT2D eigenvalue weighted by Gasteiger charge is 2.42. The largest absolute Gasteiger partial charge is 0.450 e. The molecular formula is C29H27NO3. The summed E-state index contributed by atoms with van der Waals surface area (Å²) in [4.78, 5) is 29.2. The molecule has 1 aromatic heterocycles. The van der Waals surface area contributed by atoms with Gasteiger partial charge < -0.3 is 9.32 Å². The molecule has 0 fully saturated rings. The van der Waals surface area contributed by atoms with Gasteiger partial charge in [-0.1, -0.05) is 74.5 Å². The Labute approximate surface area is 193 Å². The summed E-state index contributed by atoms with van der Waals surface area (Å²) in [6.45, 7) is 8.58. The monoisotopic (exact) mass is 437 g/mol. The van der Waals surface area contributed by atoms with Crippen LogP contribution in [0.2, 0.25) is 0 Å². The molecule has 4 aromatic rings. The minimum Gasteiger partial charge on any atom is -0.450 e. The zero-order valence-corrected chi connectivity index (χ0v) is 19.4. The van der Waals surface area contributed by atoms with E-state index in [2.05, 4.69) is 26.0 Å². The number of fused-ring (bicyclic) bond motifs is 2. The van der Waals surface area contributed by atoms with E-state index in [-0.39, 0.29) is 17.1 Å². The third-order valence-corrected chi connectivity index (χ3v) is 6.53. The van der Waals surface area contributed by atoms with Crippen molar-refractivity contribution >= 4 is 16.9 Å². The predicted octanol–water partition coefficient (Wildman–Crippen LogP) is 6.28. The lowest BCUT2D eigenvalue weighted by atomic mass is 9.94. The number of carbonyl (C=O) groups is 1. The molecule has 1 unspecified atom stereocenters. The molecule has 0 aliphatic carbocycles. The highest BCUT2D eigenvalue weighted by Crippen LogP contribution is 2.39. The van der Waals surface area contributed by atoms with Crippen LogP contribution in [0.25, 0.3) is 11.0 Å². The van der Waals surface area contributed by atoms with E-state index in [1.165, 1.54) is 5.56 Å². The minimum atomic E-state index is -0.490. The Hall–Kier alpha value is -3.66. The number of hydrogen-bond donors (Lipinski definition) is 0. The molecule has 5 rings (SSSR count). The molecule has 4 heteroatoms. The van der Waals surface area contributed by atoms with Crippen LogP contribution in [0.3, 0.4) is 0 Å². The Bertz CT molecular complexity index is 1420. The van der Waals surface area contributed by atoms with Gasteiger partial charge in [0.25, 0.3) is 5.91 Å². The zero-order valence-electron chi connectivity index (χ0n) is 19.4. The van der Waals surface area contributed by atoms with Gasteiger partial charge in [0.2, 0.25) is 5.76 Å². The molecular weight excluding hydrogens is 410 g/mol. The lowest BCUT2D eigenvalue weighted by Crippen LogP contribution is -2.29. The van der Waals surface area contributed by atoms with E-state index in [0.717, 1.165) is 22.3 Å². The van der Waals surface area contributed by atoms with Gasteiger partial charge in [-0.3, -0.25) is 9.59 Å². The maximum Gasteiger partial charge on any atom is 0.291 e. The lowest BCUT2D eigenvalue weighted by Gasteiger charge is -2.25. The van der Waals surface area contributed by atoms with Crippen molar-refractivity contribution in [3.8, 4) is 0 Å². The van der Waals surface area contributed by atoms with Gasteiger partial charge >= 0.3 is 0 Å². The first-order valence-electron chi connectivity index (χ1n) is 11.4. The van der Waals surface area contributed by atoms with Crippen LogP contribution >= 0.6 is 0 Å². The molecule has 3 aromatic carbocycles. The fourth-order valence-corrected chi connectivity index (χ4v) is 4.87. The minimum absolute atomic E-state index is 0.120. The van der Waals surface area contributed by atoms with Crippen molar-refractivity contribution in [2.75, 3.05) is 0 Å². The lowest BCUT2D eigenvalue weighted by molar-refractivity contribution is 0.0714. The molecule has 0 N–H and O–H groups in total. The summed E-state index contributed by atoms with van der Waals surface area (Å²) in [7, 11) is 0. The van der Waals surface area contributed by atoms with Gasteiger partial charge in [-0.2, -0.15) is 0 Å². The first kappa shape index (κ1) is 21.2. The highest BCUT2D eigenvalue weighted by atomic mass is 16.3. The van der Waals surface area contributed by atoms with Crippen LogP contribution < -0.4 is 5.43 Å². The van der Waals surface area contributed by atoms with Gasteiger partial charge in [0, 0.05) is 6.54 Å². The number of hydrogen-bond acceptors (Lipinski definition) is 3. The Morgan fingerprint density at radius 2 is 1.64 bits per heavy atom. The summed E-state index contributed by atoms with van der Waals surface area (Å²) in [6, 6.07) is 21.4. The molecule has 2 heterocycles. The van der Waals surface area contributed by atoms with E-state index in [0.29, 0.717) is 29.0 Å². The van der Waals surface area contributed by atoms with Crippen LogP contribution in [0.15, 0.2) is 75.9 Å². The third-order valence-electron chi connectivity index (χ3n) is 6.53. The quantitative estimate of drug-likeness (QED) is 0.378. The van der Waals surface area contributed by atoms with Gasteiger partial charge in [-0.05, 0) is 53.6 Å². The molecule has 0 bridgehead atoms. The molecule has 4 nitrogen and oxygen atoms in total. The van der Waals surface area contributed by atoms with Gasteiger partial charge in [0.15, 0.2) is 5.43 Å². The molecule has 0 spiro atoms. The van der Waals surface area contributed by atoms with Crippen LogP contribution in [-0.2, 0) is 6.54 Å². The number of aryl methyl sites for hydroxylation is 2. The molecule has 1 aliphatic rings. The van der Waals surface area contributed by atoms with Crippen molar-refractivity contribution in [1.82, 2.24) is 4.90 Å². The first-order valence-corrected chi connectivity index (χ1v) is 11.4. The summed E-state index contributed by atoms with van der Waals surface area (Å²) in [5.74, 6) is 0.313. The van der Waals surface area contributed by atoms with Crippen molar-refractivity contribution in [2.24, 2.45) is 0 Å². The average molecular weight is 438 g/mol. The maximum absolute atomic E-state index is 13.8. The standard InChI is InChI=1S/C29H27NO3/c1-17(2)21-10-12-22(13-11-21)26-25-27(31)24-19(4)14-18(3)15-23(24)33-28(25)29(32)30(26)16-20-8-6-5-7-9-20/h5-15,17,26H,16H2,1-4H3.